The summed E-state index contributed by atoms with van der Waals surface area (Å²) in [6.45, 7) is 0. The monoisotopic (exact) mass is 327 g/mol. The van der Waals surface area contributed by atoms with Gasteiger partial charge in [0.25, 0.3) is 7.71 Å². The van der Waals surface area contributed by atoms with Gasteiger partial charge in [-0.15, -0.1) is 0 Å². The lowest BCUT2D eigenvalue weighted by Crippen LogP contribution is -3.00. The molecule has 0 aliphatic heterocycles. The Morgan fingerprint density at radius 2 is 1.24 bits per heavy atom. The molecule has 0 N–H and O–H groups in total. The maximum Gasteiger partial charge on any atom is 0.253 e. The van der Waals surface area contributed by atoms with Crippen LogP contribution in [0.4, 0.5) is 0 Å². The van der Waals surface area contributed by atoms with Crippen molar-refractivity contribution in [1.29, 1.82) is 0 Å². The molecule has 0 aliphatic carbocycles. The fraction of sp³-hybridized carbons (Fsp3) is 0.375. The van der Waals surface area contributed by atoms with Gasteiger partial charge in [0.1, 0.15) is 5.82 Å². The highest BCUT2D eigenvalue weighted by molar-refractivity contribution is 7.71. The van der Waals surface area contributed by atoms with Gasteiger partial charge in [0.2, 0.25) is 0 Å². The van der Waals surface area contributed by atoms with Gasteiger partial charge >= 0.3 is 0 Å². The molecule has 1 aromatic rings. The summed E-state index contributed by atoms with van der Waals surface area (Å²) in [5, 5.41) is 0. The average molecular weight is 328 g/mol. The SMILES string of the molecule is CN(C)[P+](/C=C/C=C/c1ccccc1)(N(C)C)N(C)C.[Cl-]. The van der Waals surface area contributed by atoms with Crippen molar-refractivity contribution in [2.24, 2.45) is 0 Å². The Hall–Kier alpha value is -0.700. The molecule has 0 spiro atoms. The molecule has 118 valence electrons. The predicted molar refractivity (Wildman–Crippen MR) is 92.6 cm³/mol. The minimum Gasteiger partial charge on any atom is -1.00 e. The van der Waals surface area contributed by atoms with Crippen molar-refractivity contribution in [3.63, 3.8) is 0 Å². The molecule has 0 aliphatic rings. The topological polar surface area (TPSA) is 9.72 Å². The molecule has 0 saturated carbocycles. The molecule has 0 amide bonds. The highest BCUT2D eigenvalue weighted by Crippen LogP contribution is 2.64. The number of hydrogen-bond donors (Lipinski definition) is 0. The molecule has 0 radical (unpaired) electrons. The summed E-state index contributed by atoms with van der Waals surface area (Å²) in [4.78, 5) is 0. The molecule has 0 aromatic heterocycles. The molecule has 5 heteroatoms. The van der Waals surface area contributed by atoms with Crippen molar-refractivity contribution in [3.05, 3.63) is 53.9 Å². The van der Waals surface area contributed by atoms with Crippen LogP contribution in [-0.4, -0.2) is 56.3 Å². The summed E-state index contributed by atoms with van der Waals surface area (Å²) >= 11 is 0. The first kappa shape index (κ1) is 20.3. The number of hydrogen-bond acceptors (Lipinski definition) is 3. The molecule has 3 nitrogen and oxygen atoms in total. The zero-order chi connectivity index (χ0) is 15.2. The summed E-state index contributed by atoms with van der Waals surface area (Å²) in [6.07, 6.45) is 6.40. The number of nitrogens with zero attached hydrogens (tertiary/aromatic N) is 3. The fourth-order valence-electron chi connectivity index (χ4n) is 2.37. The summed E-state index contributed by atoms with van der Waals surface area (Å²) in [7, 11) is 11.3. The van der Waals surface area contributed by atoms with E-state index in [4.69, 9.17) is 0 Å². The fourth-order valence-corrected chi connectivity index (χ4v) is 5.65. The molecule has 0 fully saturated rings. The normalized spacial score (nSPS) is 12.8. The van der Waals surface area contributed by atoms with Crippen molar-refractivity contribution in [2.75, 3.05) is 42.3 Å². The van der Waals surface area contributed by atoms with Crippen molar-refractivity contribution in [2.45, 2.75) is 0 Å². The van der Waals surface area contributed by atoms with E-state index in [-0.39, 0.29) is 12.4 Å². The van der Waals surface area contributed by atoms with Gasteiger partial charge in [0, 0.05) is 42.3 Å². The van der Waals surface area contributed by atoms with E-state index < -0.39 is 7.71 Å². The van der Waals surface area contributed by atoms with Crippen LogP contribution in [-0.2, 0) is 0 Å². The van der Waals surface area contributed by atoms with Gasteiger partial charge in [0.05, 0.1) is 0 Å². The van der Waals surface area contributed by atoms with Crippen molar-refractivity contribution in [3.8, 4) is 0 Å². The third kappa shape index (κ3) is 5.21. The first-order valence-corrected chi connectivity index (χ1v) is 8.46. The van der Waals surface area contributed by atoms with E-state index >= 15 is 0 Å². The average Bonchev–Trinajstić information content (AvgIpc) is 2.38. The Morgan fingerprint density at radius 3 is 1.67 bits per heavy atom. The van der Waals surface area contributed by atoms with Crippen LogP contribution >= 0.6 is 7.71 Å². The predicted octanol–water partition coefficient (Wildman–Crippen LogP) is 0.665. The van der Waals surface area contributed by atoms with Crippen LogP contribution in [0.3, 0.4) is 0 Å². The quantitative estimate of drug-likeness (QED) is 0.561. The van der Waals surface area contributed by atoms with E-state index in [0.29, 0.717) is 0 Å². The second-order valence-corrected chi connectivity index (χ2v) is 9.20. The van der Waals surface area contributed by atoms with Crippen LogP contribution in [0.1, 0.15) is 5.56 Å². The number of benzene rings is 1. The molecular formula is C16H27ClN3P. The summed E-state index contributed by atoms with van der Waals surface area (Å²) < 4.78 is 6.92. The van der Waals surface area contributed by atoms with E-state index in [0.717, 1.165) is 0 Å². The Bertz CT molecular complexity index is 434. The minimum absolute atomic E-state index is 0. The van der Waals surface area contributed by atoms with Crippen molar-refractivity contribution < 1.29 is 12.4 Å². The summed E-state index contributed by atoms with van der Waals surface area (Å²) in [5.41, 5.74) is 1.22. The lowest BCUT2D eigenvalue weighted by atomic mass is 10.2. The van der Waals surface area contributed by atoms with E-state index in [9.17, 15) is 0 Å². The lowest BCUT2D eigenvalue weighted by Gasteiger charge is -2.37. The number of halogens is 1. The van der Waals surface area contributed by atoms with E-state index in [1.165, 1.54) is 5.56 Å². The first-order valence-electron chi connectivity index (χ1n) is 6.74. The van der Waals surface area contributed by atoms with Crippen LogP contribution in [0.25, 0.3) is 6.08 Å². The maximum absolute atomic E-state index is 2.31. The summed E-state index contributed by atoms with van der Waals surface area (Å²) in [6, 6.07) is 10.4. The summed E-state index contributed by atoms with van der Waals surface area (Å²) in [5.74, 6) is 2.31. The Labute approximate surface area is 136 Å². The van der Waals surface area contributed by atoms with Gasteiger partial charge in [-0.25, -0.2) is 0 Å². The van der Waals surface area contributed by atoms with Gasteiger partial charge in [-0.3, -0.25) is 0 Å². The molecule has 0 bridgehead atoms. The van der Waals surface area contributed by atoms with Gasteiger partial charge < -0.3 is 12.4 Å². The molecule has 0 saturated heterocycles. The van der Waals surface area contributed by atoms with Crippen LogP contribution in [0.2, 0.25) is 0 Å². The van der Waals surface area contributed by atoms with Gasteiger partial charge in [-0.05, 0) is 11.6 Å². The van der Waals surface area contributed by atoms with Crippen molar-refractivity contribution >= 4 is 13.8 Å². The lowest BCUT2D eigenvalue weighted by molar-refractivity contribution is -0.00000433. The van der Waals surface area contributed by atoms with Crippen LogP contribution in [0, 0.1) is 0 Å². The van der Waals surface area contributed by atoms with Crippen molar-refractivity contribution in [1.82, 2.24) is 14.0 Å². The Morgan fingerprint density at radius 1 is 0.762 bits per heavy atom. The molecule has 0 heterocycles. The standard InChI is InChI=1S/C16H27N3P.ClH/c1-17(2)20(18(3)4,19(5)6)15-11-10-14-16-12-8-7-9-13-16;/h7-15H,1-6H3;1H/q+1;/p-1/b14-10+,15-11+;. The number of rotatable bonds is 6. The highest BCUT2D eigenvalue weighted by Gasteiger charge is 2.44. The minimum atomic E-state index is -1.57. The second kappa shape index (κ2) is 9.34. The molecule has 21 heavy (non-hydrogen) atoms. The third-order valence-corrected chi connectivity index (χ3v) is 7.36. The van der Waals surface area contributed by atoms with Crippen LogP contribution in [0.5, 0.6) is 0 Å². The smallest absolute Gasteiger partial charge is 0.253 e. The van der Waals surface area contributed by atoms with E-state index in [2.05, 4.69) is 105 Å². The Kier molecular flexibility index (Phi) is 9.03. The van der Waals surface area contributed by atoms with E-state index in [1.54, 1.807) is 0 Å². The molecule has 0 unspecified atom stereocenters. The molecular weight excluding hydrogens is 301 g/mol. The van der Waals surface area contributed by atoms with Gasteiger partial charge in [0.15, 0.2) is 0 Å². The number of allylic oxidation sites excluding steroid dienone is 2. The zero-order valence-corrected chi connectivity index (χ0v) is 15.5. The maximum atomic E-state index is 2.31. The first-order chi connectivity index (χ1) is 9.41. The zero-order valence-electron chi connectivity index (χ0n) is 13.9. The van der Waals surface area contributed by atoms with Crippen LogP contribution < -0.4 is 12.4 Å². The second-order valence-electron chi connectivity index (χ2n) is 5.27. The van der Waals surface area contributed by atoms with Gasteiger partial charge in [-0.1, -0.05) is 42.5 Å². The molecule has 0 atom stereocenters. The van der Waals surface area contributed by atoms with Gasteiger partial charge in [-0.2, -0.15) is 14.0 Å². The largest absolute Gasteiger partial charge is 1.00 e. The molecule has 1 aromatic carbocycles. The highest BCUT2D eigenvalue weighted by atomic mass is 35.5. The Balaban J connectivity index is 0.00000400. The third-order valence-electron chi connectivity index (χ3n) is 3.25. The van der Waals surface area contributed by atoms with Crippen LogP contribution in [0.15, 0.2) is 48.3 Å². The molecule has 1 rings (SSSR count). The van der Waals surface area contributed by atoms with E-state index in [1.807, 2.05) is 6.07 Å².